The zero-order valence-corrected chi connectivity index (χ0v) is 13.6. The molecule has 1 aliphatic heterocycles. The van der Waals surface area contributed by atoms with Crippen LogP contribution in [0.15, 0.2) is 47.1 Å². The molecule has 24 heavy (non-hydrogen) atoms. The Balaban J connectivity index is 1.73. The zero-order chi connectivity index (χ0) is 16.9. The van der Waals surface area contributed by atoms with Crippen molar-refractivity contribution in [1.29, 1.82) is 0 Å². The minimum absolute atomic E-state index is 0.144. The molecule has 5 nitrogen and oxygen atoms in total. The van der Waals surface area contributed by atoms with E-state index in [0.29, 0.717) is 17.9 Å². The summed E-state index contributed by atoms with van der Waals surface area (Å²) in [5.41, 5.74) is 2.56. The van der Waals surface area contributed by atoms with Gasteiger partial charge in [0.25, 0.3) is 0 Å². The minimum Gasteiger partial charge on any atom is -0.465 e. The van der Waals surface area contributed by atoms with Crippen molar-refractivity contribution in [3.63, 3.8) is 0 Å². The highest BCUT2D eigenvalue weighted by molar-refractivity contribution is 6.02. The second-order valence-corrected chi connectivity index (χ2v) is 5.84. The van der Waals surface area contributed by atoms with Crippen LogP contribution < -0.4 is 10.2 Å². The van der Waals surface area contributed by atoms with Crippen LogP contribution in [0.2, 0.25) is 0 Å². The van der Waals surface area contributed by atoms with E-state index in [-0.39, 0.29) is 11.8 Å². The number of hydrogen-bond donors (Lipinski definition) is 1. The van der Waals surface area contributed by atoms with Crippen molar-refractivity contribution in [1.82, 2.24) is 0 Å². The van der Waals surface area contributed by atoms with Gasteiger partial charge in [-0.15, -0.1) is 0 Å². The number of nitrogens with zero attached hydrogens (tertiary/aromatic N) is 1. The molecule has 0 saturated carbocycles. The maximum atomic E-state index is 12.1. The van der Waals surface area contributed by atoms with Gasteiger partial charge in [-0.05, 0) is 55.7 Å². The van der Waals surface area contributed by atoms with E-state index < -0.39 is 0 Å². The molecule has 1 saturated heterocycles. The number of amides is 2. The number of aryl methyl sites for hydroxylation is 1. The smallest absolute Gasteiger partial charge is 0.248 e. The number of carbonyl (C=O) groups excluding carboxylic acids is 2. The molecule has 0 spiro atoms. The molecule has 3 rings (SSSR count). The molecule has 1 aromatic carbocycles. The van der Waals surface area contributed by atoms with Crippen molar-refractivity contribution in [3.05, 3.63) is 54.0 Å². The van der Waals surface area contributed by atoms with Crippen molar-refractivity contribution in [2.75, 3.05) is 16.8 Å². The Labute approximate surface area is 141 Å². The van der Waals surface area contributed by atoms with Gasteiger partial charge in [0.2, 0.25) is 11.8 Å². The topological polar surface area (TPSA) is 62.6 Å². The van der Waals surface area contributed by atoms with Crippen LogP contribution in [0.4, 0.5) is 11.4 Å². The second-order valence-electron chi connectivity index (χ2n) is 5.84. The molecule has 0 unspecified atom stereocenters. The molecule has 0 aliphatic carbocycles. The van der Waals surface area contributed by atoms with E-state index in [1.165, 1.54) is 6.08 Å². The molecule has 2 heterocycles. The summed E-state index contributed by atoms with van der Waals surface area (Å²) in [7, 11) is 0. The number of furan rings is 1. The summed E-state index contributed by atoms with van der Waals surface area (Å²) in [4.78, 5) is 26.0. The molecule has 0 bridgehead atoms. The van der Waals surface area contributed by atoms with E-state index in [1.54, 1.807) is 24.5 Å². The summed E-state index contributed by atoms with van der Waals surface area (Å²) >= 11 is 0. The third-order valence-electron chi connectivity index (χ3n) is 4.03. The normalized spacial score (nSPS) is 15.0. The molecule has 5 heteroatoms. The van der Waals surface area contributed by atoms with E-state index >= 15 is 0 Å². The molecule has 124 valence electrons. The van der Waals surface area contributed by atoms with Crippen molar-refractivity contribution in [3.8, 4) is 0 Å². The molecule has 1 aromatic heterocycles. The molecule has 1 N–H and O–H groups in total. The third-order valence-corrected chi connectivity index (χ3v) is 4.03. The number of hydrogen-bond acceptors (Lipinski definition) is 3. The van der Waals surface area contributed by atoms with Crippen LogP contribution in [0.5, 0.6) is 0 Å². The molecule has 0 radical (unpaired) electrons. The van der Waals surface area contributed by atoms with Crippen LogP contribution in [-0.2, 0) is 9.59 Å². The number of carbonyl (C=O) groups is 2. The Morgan fingerprint density at radius 2 is 2.17 bits per heavy atom. The van der Waals surface area contributed by atoms with Gasteiger partial charge in [0.15, 0.2) is 0 Å². The predicted molar refractivity (Wildman–Crippen MR) is 93.8 cm³/mol. The Morgan fingerprint density at radius 1 is 1.29 bits per heavy atom. The molecule has 1 aliphatic rings. The SMILES string of the molecule is Cc1ccc(NC(=O)C=Cc2ccco2)cc1N1CCCCC1=O. The lowest BCUT2D eigenvalue weighted by molar-refractivity contribution is -0.119. The zero-order valence-electron chi connectivity index (χ0n) is 13.6. The first kappa shape index (κ1) is 16.1. The first-order valence-corrected chi connectivity index (χ1v) is 8.07. The van der Waals surface area contributed by atoms with Crippen LogP contribution >= 0.6 is 0 Å². The Bertz CT molecular complexity index is 763. The van der Waals surface area contributed by atoms with E-state index in [2.05, 4.69) is 5.32 Å². The fourth-order valence-electron chi connectivity index (χ4n) is 2.77. The quantitative estimate of drug-likeness (QED) is 0.871. The fourth-order valence-corrected chi connectivity index (χ4v) is 2.77. The summed E-state index contributed by atoms with van der Waals surface area (Å²) < 4.78 is 5.15. The van der Waals surface area contributed by atoms with Crippen LogP contribution in [0.1, 0.15) is 30.6 Å². The number of nitrogens with one attached hydrogen (secondary N) is 1. The highest BCUT2D eigenvalue weighted by atomic mass is 16.3. The Kier molecular flexibility index (Phi) is 4.79. The average molecular weight is 324 g/mol. The molecule has 0 atom stereocenters. The largest absolute Gasteiger partial charge is 0.465 e. The van der Waals surface area contributed by atoms with Gasteiger partial charge in [0.05, 0.1) is 6.26 Å². The lowest BCUT2D eigenvalue weighted by Gasteiger charge is -2.28. The van der Waals surface area contributed by atoms with Gasteiger partial charge >= 0.3 is 0 Å². The standard InChI is InChI=1S/C19H20N2O3/c1-14-7-8-15(13-17(14)21-11-3-2-6-19(21)23)20-18(22)10-9-16-5-4-12-24-16/h4-5,7-10,12-13H,2-3,6,11H2,1H3,(H,20,22). The maximum Gasteiger partial charge on any atom is 0.248 e. The van der Waals surface area contributed by atoms with Crippen molar-refractivity contribution >= 4 is 29.3 Å². The van der Waals surface area contributed by atoms with Crippen molar-refractivity contribution in [2.45, 2.75) is 26.2 Å². The monoisotopic (exact) mass is 324 g/mol. The lowest BCUT2D eigenvalue weighted by Crippen LogP contribution is -2.35. The van der Waals surface area contributed by atoms with Crippen LogP contribution in [0.3, 0.4) is 0 Å². The highest BCUT2D eigenvalue weighted by Gasteiger charge is 2.21. The van der Waals surface area contributed by atoms with E-state index in [1.807, 2.05) is 30.0 Å². The predicted octanol–water partition coefficient (Wildman–Crippen LogP) is 3.76. The molecule has 2 aromatic rings. The van der Waals surface area contributed by atoms with Gasteiger partial charge in [-0.3, -0.25) is 9.59 Å². The summed E-state index contributed by atoms with van der Waals surface area (Å²) in [5, 5.41) is 2.82. The molecular weight excluding hydrogens is 304 g/mol. The average Bonchev–Trinajstić information content (AvgIpc) is 3.09. The number of anilines is 2. The van der Waals surface area contributed by atoms with Crippen LogP contribution in [-0.4, -0.2) is 18.4 Å². The van der Waals surface area contributed by atoms with E-state index in [0.717, 1.165) is 30.6 Å². The van der Waals surface area contributed by atoms with Crippen molar-refractivity contribution < 1.29 is 14.0 Å². The number of piperidine rings is 1. The molecule has 2 amide bonds. The van der Waals surface area contributed by atoms with Gasteiger partial charge in [-0.2, -0.15) is 0 Å². The van der Waals surface area contributed by atoms with Gasteiger partial charge in [0, 0.05) is 30.4 Å². The first-order chi connectivity index (χ1) is 11.6. The van der Waals surface area contributed by atoms with Gasteiger partial charge in [-0.25, -0.2) is 0 Å². The van der Waals surface area contributed by atoms with Gasteiger partial charge in [-0.1, -0.05) is 6.07 Å². The first-order valence-electron chi connectivity index (χ1n) is 8.07. The van der Waals surface area contributed by atoms with Crippen LogP contribution in [0.25, 0.3) is 6.08 Å². The van der Waals surface area contributed by atoms with E-state index in [9.17, 15) is 9.59 Å². The fraction of sp³-hybridized carbons (Fsp3) is 0.263. The van der Waals surface area contributed by atoms with Gasteiger partial charge in [0.1, 0.15) is 5.76 Å². The maximum absolute atomic E-state index is 12.1. The summed E-state index contributed by atoms with van der Waals surface area (Å²) in [6.07, 6.45) is 7.13. The summed E-state index contributed by atoms with van der Waals surface area (Å²) in [6, 6.07) is 9.15. The molecule has 1 fully saturated rings. The summed E-state index contributed by atoms with van der Waals surface area (Å²) in [6.45, 7) is 2.70. The lowest BCUT2D eigenvalue weighted by atomic mass is 10.1. The Hall–Kier alpha value is -2.82. The summed E-state index contributed by atoms with van der Waals surface area (Å²) in [5.74, 6) is 0.519. The van der Waals surface area contributed by atoms with Crippen molar-refractivity contribution in [2.24, 2.45) is 0 Å². The molecular formula is C19H20N2O3. The number of rotatable bonds is 4. The Morgan fingerprint density at radius 3 is 2.92 bits per heavy atom. The second kappa shape index (κ2) is 7.17. The third kappa shape index (κ3) is 3.74. The van der Waals surface area contributed by atoms with Crippen LogP contribution in [0, 0.1) is 6.92 Å². The highest BCUT2D eigenvalue weighted by Crippen LogP contribution is 2.27. The minimum atomic E-state index is -0.244. The van der Waals surface area contributed by atoms with E-state index in [4.69, 9.17) is 4.42 Å². The number of benzene rings is 1. The van der Waals surface area contributed by atoms with Gasteiger partial charge < -0.3 is 14.6 Å².